The van der Waals surface area contributed by atoms with Crippen molar-refractivity contribution in [1.29, 1.82) is 0 Å². The van der Waals surface area contributed by atoms with E-state index in [-0.39, 0.29) is 6.03 Å². The van der Waals surface area contributed by atoms with Crippen LogP contribution in [-0.2, 0) is 9.53 Å². The Morgan fingerprint density at radius 2 is 1.83 bits per heavy atom. The van der Waals surface area contributed by atoms with E-state index >= 15 is 0 Å². The van der Waals surface area contributed by atoms with Crippen molar-refractivity contribution in [1.82, 2.24) is 4.90 Å². The molecule has 0 saturated heterocycles. The third-order valence-corrected chi connectivity index (χ3v) is 4.88. The Morgan fingerprint density at radius 1 is 1.10 bits per heavy atom. The van der Waals surface area contributed by atoms with Gasteiger partial charge in [0.05, 0.1) is 24.4 Å². The second-order valence-electron chi connectivity index (χ2n) is 6.83. The lowest BCUT2D eigenvalue weighted by Gasteiger charge is -2.40. The van der Waals surface area contributed by atoms with Gasteiger partial charge in [0.25, 0.3) is 0 Å². The van der Waals surface area contributed by atoms with Crippen molar-refractivity contribution in [2.45, 2.75) is 26.8 Å². The zero-order chi connectivity index (χ0) is 21.8. The summed E-state index contributed by atoms with van der Waals surface area (Å²) >= 11 is 0. The van der Waals surface area contributed by atoms with E-state index in [0.717, 1.165) is 5.56 Å². The summed E-state index contributed by atoms with van der Waals surface area (Å²) in [7, 11) is 1.32. The van der Waals surface area contributed by atoms with Crippen LogP contribution in [0.15, 0.2) is 60.3 Å². The lowest BCUT2D eigenvalue weighted by molar-refractivity contribution is -0.131. The minimum atomic E-state index is -0.469. The van der Waals surface area contributed by atoms with Crippen LogP contribution in [-0.4, -0.2) is 36.5 Å². The van der Waals surface area contributed by atoms with Gasteiger partial charge in [0.1, 0.15) is 5.75 Å². The van der Waals surface area contributed by atoms with E-state index in [1.165, 1.54) is 14.0 Å². The molecule has 30 heavy (non-hydrogen) atoms. The van der Waals surface area contributed by atoms with Crippen LogP contribution in [0.3, 0.4) is 0 Å². The lowest BCUT2D eigenvalue weighted by atomic mass is 10.0. The highest BCUT2D eigenvalue weighted by Gasteiger charge is 2.35. The van der Waals surface area contributed by atoms with Crippen molar-refractivity contribution < 1.29 is 23.9 Å². The molecule has 7 nitrogen and oxygen atoms in total. The van der Waals surface area contributed by atoms with E-state index < -0.39 is 18.0 Å². The number of amides is 2. The smallest absolute Gasteiger partial charge is 0.337 e. The number of hydrogen-bond donors (Lipinski definition) is 0. The first kappa shape index (κ1) is 21.1. The first-order chi connectivity index (χ1) is 14.4. The van der Waals surface area contributed by atoms with Crippen molar-refractivity contribution in [2.75, 3.05) is 18.6 Å². The van der Waals surface area contributed by atoms with Gasteiger partial charge >= 0.3 is 18.0 Å². The van der Waals surface area contributed by atoms with Gasteiger partial charge in [0.2, 0.25) is 0 Å². The fourth-order valence-corrected chi connectivity index (χ4v) is 3.56. The van der Waals surface area contributed by atoms with Gasteiger partial charge in [0, 0.05) is 24.7 Å². The molecule has 0 aromatic heterocycles. The topological polar surface area (TPSA) is 76.2 Å². The van der Waals surface area contributed by atoms with E-state index in [1.54, 1.807) is 46.2 Å². The Balaban J connectivity index is 2.05. The van der Waals surface area contributed by atoms with Gasteiger partial charge in [0.15, 0.2) is 0 Å². The van der Waals surface area contributed by atoms with Crippen LogP contribution in [0.4, 0.5) is 10.5 Å². The summed E-state index contributed by atoms with van der Waals surface area (Å²) in [6.07, 6.45) is 1.94. The maximum atomic E-state index is 13.4. The Labute approximate surface area is 175 Å². The van der Waals surface area contributed by atoms with Gasteiger partial charge in [-0.15, -0.1) is 0 Å². The molecule has 2 aromatic rings. The zero-order valence-corrected chi connectivity index (χ0v) is 17.4. The molecule has 156 valence electrons. The van der Waals surface area contributed by atoms with E-state index in [9.17, 15) is 14.4 Å². The third-order valence-electron chi connectivity index (χ3n) is 4.88. The van der Waals surface area contributed by atoms with Gasteiger partial charge in [-0.05, 0) is 44.2 Å². The van der Waals surface area contributed by atoms with E-state index in [0.29, 0.717) is 29.2 Å². The summed E-state index contributed by atoms with van der Waals surface area (Å²) < 4.78 is 10.1. The summed E-state index contributed by atoms with van der Waals surface area (Å²) in [5.41, 5.74) is 2.36. The average Bonchev–Trinajstić information content (AvgIpc) is 2.73. The van der Waals surface area contributed by atoms with Crippen LogP contribution >= 0.6 is 0 Å². The van der Waals surface area contributed by atoms with Crippen LogP contribution in [0, 0.1) is 0 Å². The molecule has 3 rings (SSSR count). The first-order valence-corrected chi connectivity index (χ1v) is 9.62. The van der Waals surface area contributed by atoms with E-state index in [1.807, 2.05) is 32.1 Å². The monoisotopic (exact) mass is 408 g/mol. The Morgan fingerprint density at radius 3 is 2.50 bits per heavy atom. The molecule has 0 bridgehead atoms. The molecular weight excluding hydrogens is 384 g/mol. The van der Waals surface area contributed by atoms with Crippen LogP contribution in [0.25, 0.3) is 0 Å². The zero-order valence-electron chi connectivity index (χ0n) is 17.4. The normalized spacial score (nSPS) is 16.2. The molecule has 0 N–H and O–H groups in total. The predicted octanol–water partition coefficient (Wildman–Crippen LogP) is 4.31. The van der Waals surface area contributed by atoms with E-state index in [4.69, 9.17) is 9.47 Å². The molecule has 1 heterocycles. The molecule has 0 saturated carbocycles. The molecular formula is C23H24N2O5. The fraction of sp³-hybridized carbons (Fsp3) is 0.261. The Hall–Kier alpha value is -3.61. The standard InChI is InChI=1S/C23H24N2O5/c1-5-24-20(19-11-6-7-12-21(19)30-16(3)26)13-15(2)25(23(24)28)18-10-8-9-17(14-18)22(27)29-4/h6-14,20H,5H2,1-4H3. The number of urea groups is 1. The number of benzene rings is 2. The highest BCUT2D eigenvalue weighted by molar-refractivity contribution is 5.98. The summed E-state index contributed by atoms with van der Waals surface area (Å²) in [5, 5.41) is 0. The number of para-hydroxylation sites is 1. The molecule has 7 heteroatoms. The predicted molar refractivity (Wildman–Crippen MR) is 112 cm³/mol. The number of nitrogens with zero attached hydrogens (tertiary/aromatic N) is 2. The van der Waals surface area contributed by atoms with Crippen molar-refractivity contribution in [3.05, 3.63) is 71.4 Å². The van der Waals surface area contributed by atoms with E-state index in [2.05, 4.69) is 0 Å². The average molecular weight is 408 g/mol. The van der Waals surface area contributed by atoms with Crippen molar-refractivity contribution in [2.24, 2.45) is 0 Å². The van der Waals surface area contributed by atoms with Crippen molar-refractivity contribution in [3.63, 3.8) is 0 Å². The maximum Gasteiger partial charge on any atom is 0.337 e. The lowest BCUT2D eigenvalue weighted by Crippen LogP contribution is -2.47. The molecule has 0 aliphatic carbocycles. The number of carbonyl (C=O) groups excluding carboxylic acids is 3. The minimum absolute atomic E-state index is 0.234. The quantitative estimate of drug-likeness (QED) is 0.544. The molecule has 0 fully saturated rings. The van der Waals surface area contributed by atoms with Gasteiger partial charge in [-0.2, -0.15) is 0 Å². The second kappa shape index (κ2) is 8.82. The number of likely N-dealkylation sites (N-methyl/N-ethyl adjacent to an activating group) is 1. The van der Waals surface area contributed by atoms with Crippen molar-refractivity contribution >= 4 is 23.7 Å². The molecule has 1 atom stereocenters. The highest BCUT2D eigenvalue weighted by atomic mass is 16.5. The van der Waals surface area contributed by atoms with Crippen LogP contribution in [0.1, 0.15) is 42.7 Å². The van der Waals surface area contributed by atoms with Crippen molar-refractivity contribution in [3.8, 4) is 5.75 Å². The maximum absolute atomic E-state index is 13.4. The number of methoxy groups -OCH3 is 1. The number of anilines is 1. The number of ether oxygens (including phenoxy) is 2. The van der Waals surface area contributed by atoms with Crippen LogP contribution in [0.2, 0.25) is 0 Å². The number of esters is 2. The van der Waals surface area contributed by atoms with Crippen LogP contribution in [0.5, 0.6) is 5.75 Å². The summed E-state index contributed by atoms with van der Waals surface area (Å²) in [5.74, 6) is -0.468. The second-order valence-corrected chi connectivity index (χ2v) is 6.83. The number of rotatable bonds is 5. The third kappa shape index (κ3) is 4.05. The molecule has 0 spiro atoms. The van der Waals surface area contributed by atoms with Gasteiger partial charge < -0.3 is 14.4 Å². The van der Waals surface area contributed by atoms with Crippen LogP contribution < -0.4 is 9.64 Å². The fourth-order valence-electron chi connectivity index (χ4n) is 3.56. The first-order valence-electron chi connectivity index (χ1n) is 9.62. The molecule has 2 amide bonds. The molecule has 2 aromatic carbocycles. The highest BCUT2D eigenvalue weighted by Crippen LogP contribution is 2.37. The number of carbonyl (C=O) groups is 3. The minimum Gasteiger partial charge on any atom is -0.465 e. The Bertz CT molecular complexity index is 1010. The molecule has 1 aliphatic rings. The molecule has 1 aliphatic heterocycles. The largest absolute Gasteiger partial charge is 0.465 e. The van der Waals surface area contributed by atoms with Gasteiger partial charge in [-0.1, -0.05) is 24.3 Å². The van der Waals surface area contributed by atoms with Gasteiger partial charge in [-0.25, -0.2) is 9.59 Å². The number of hydrogen-bond acceptors (Lipinski definition) is 5. The summed E-state index contributed by atoms with van der Waals surface area (Å²) in [4.78, 5) is 40.1. The molecule has 0 radical (unpaired) electrons. The van der Waals surface area contributed by atoms with Gasteiger partial charge in [-0.3, -0.25) is 9.69 Å². The Kier molecular flexibility index (Phi) is 6.20. The molecule has 1 unspecified atom stereocenters. The SMILES string of the molecule is CCN1C(=O)N(c2cccc(C(=O)OC)c2)C(C)=CC1c1ccccc1OC(C)=O. The number of allylic oxidation sites excluding steroid dienone is 1. The summed E-state index contributed by atoms with van der Waals surface area (Å²) in [6, 6.07) is 13.3. The summed E-state index contributed by atoms with van der Waals surface area (Å²) in [6.45, 7) is 5.50.